The van der Waals surface area contributed by atoms with Crippen molar-refractivity contribution in [3.63, 3.8) is 0 Å². The summed E-state index contributed by atoms with van der Waals surface area (Å²) in [5.41, 5.74) is 1.38. The summed E-state index contributed by atoms with van der Waals surface area (Å²) in [6, 6.07) is 0. The lowest BCUT2D eigenvalue weighted by molar-refractivity contribution is 0.307. The smallest absolute Gasteiger partial charge is 0.128 e. The number of nitrogens with zero attached hydrogens (tertiary/aromatic N) is 2. The lowest BCUT2D eigenvalue weighted by Gasteiger charge is -2.28. The third-order valence-corrected chi connectivity index (χ3v) is 5.24. The van der Waals surface area contributed by atoms with E-state index in [9.17, 15) is 0 Å². The number of aryl methyl sites for hydroxylation is 1. The molecule has 1 saturated carbocycles. The molecule has 0 unspecified atom stereocenters. The summed E-state index contributed by atoms with van der Waals surface area (Å²) in [7, 11) is 0. The molecule has 124 valence electrons. The van der Waals surface area contributed by atoms with Crippen molar-refractivity contribution in [3.8, 4) is 0 Å². The van der Waals surface area contributed by atoms with Crippen molar-refractivity contribution in [3.05, 3.63) is 23.8 Å². The number of hydrogen-bond donors (Lipinski definition) is 0. The van der Waals surface area contributed by atoms with Crippen LogP contribution in [0.5, 0.6) is 0 Å². The molecule has 1 aromatic rings. The molecule has 1 aliphatic rings. The highest BCUT2D eigenvalue weighted by atomic mass is 14.9. The molecule has 2 rings (SSSR count). The molecule has 2 nitrogen and oxygen atoms in total. The summed E-state index contributed by atoms with van der Waals surface area (Å²) in [6.07, 6.45) is 20.1. The van der Waals surface area contributed by atoms with Crippen molar-refractivity contribution in [2.75, 3.05) is 0 Å². The highest BCUT2D eigenvalue weighted by Gasteiger charge is 2.22. The first-order valence-corrected chi connectivity index (χ1v) is 9.64. The molecule has 0 aliphatic heterocycles. The fraction of sp³-hybridized carbons (Fsp3) is 0.800. The molecule has 0 bridgehead atoms. The summed E-state index contributed by atoms with van der Waals surface area (Å²) in [4.78, 5) is 9.23. The normalized spacial score (nSPS) is 21.9. The zero-order valence-corrected chi connectivity index (χ0v) is 14.7. The average Bonchev–Trinajstić information content (AvgIpc) is 2.56. The number of unbranched alkanes of at least 4 members (excludes halogenated alkanes) is 4. The van der Waals surface area contributed by atoms with E-state index >= 15 is 0 Å². The lowest BCUT2D eigenvalue weighted by Crippen LogP contribution is -2.13. The Kier molecular flexibility index (Phi) is 7.90. The third-order valence-electron chi connectivity index (χ3n) is 5.24. The average molecular weight is 303 g/mol. The van der Waals surface area contributed by atoms with E-state index in [2.05, 4.69) is 36.2 Å². The van der Waals surface area contributed by atoms with Gasteiger partial charge in [0.05, 0.1) is 0 Å². The molecule has 0 aromatic carbocycles. The van der Waals surface area contributed by atoms with E-state index in [1.165, 1.54) is 76.2 Å². The molecule has 22 heavy (non-hydrogen) atoms. The van der Waals surface area contributed by atoms with E-state index in [0.717, 1.165) is 18.2 Å². The Morgan fingerprint density at radius 3 is 2.18 bits per heavy atom. The topological polar surface area (TPSA) is 25.8 Å². The van der Waals surface area contributed by atoms with Gasteiger partial charge in [0, 0.05) is 18.8 Å². The van der Waals surface area contributed by atoms with Gasteiger partial charge in [-0.2, -0.15) is 0 Å². The standard InChI is InChI=1S/C20H34N2/c1-3-5-6-7-8-10-20-21-15-19(16-22-20)18-13-11-17(9-4-2)12-14-18/h15-18H,3-14H2,1-2H3. The molecular weight excluding hydrogens is 268 g/mol. The fourth-order valence-corrected chi connectivity index (χ4v) is 3.78. The van der Waals surface area contributed by atoms with E-state index < -0.39 is 0 Å². The van der Waals surface area contributed by atoms with Gasteiger partial charge in [0.2, 0.25) is 0 Å². The second kappa shape index (κ2) is 9.97. The zero-order valence-electron chi connectivity index (χ0n) is 14.7. The molecule has 1 aliphatic carbocycles. The minimum Gasteiger partial charge on any atom is -0.241 e. The molecule has 0 atom stereocenters. The summed E-state index contributed by atoms with van der Waals surface area (Å²) in [6.45, 7) is 4.57. The minimum absolute atomic E-state index is 0.715. The van der Waals surface area contributed by atoms with Crippen LogP contribution in [0.3, 0.4) is 0 Å². The molecule has 0 saturated heterocycles. The van der Waals surface area contributed by atoms with Crippen molar-refractivity contribution in [2.45, 2.75) is 96.8 Å². The van der Waals surface area contributed by atoms with Gasteiger partial charge in [-0.3, -0.25) is 0 Å². The van der Waals surface area contributed by atoms with Gasteiger partial charge in [-0.05, 0) is 49.5 Å². The van der Waals surface area contributed by atoms with Crippen molar-refractivity contribution >= 4 is 0 Å². The first-order valence-electron chi connectivity index (χ1n) is 9.64. The zero-order chi connectivity index (χ0) is 15.6. The molecule has 0 amide bonds. The minimum atomic E-state index is 0.715. The molecule has 1 fully saturated rings. The van der Waals surface area contributed by atoms with Crippen LogP contribution in [0.15, 0.2) is 12.4 Å². The maximum absolute atomic E-state index is 4.62. The van der Waals surface area contributed by atoms with Crippen LogP contribution in [-0.4, -0.2) is 9.97 Å². The first kappa shape index (κ1) is 17.4. The number of aromatic nitrogens is 2. The first-order chi connectivity index (χ1) is 10.8. The van der Waals surface area contributed by atoms with Crippen LogP contribution in [0, 0.1) is 5.92 Å². The Labute approximate surface area is 137 Å². The van der Waals surface area contributed by atoms with Crippen LogP contribution in [0.25, 0.3) is 0 Å². The van der Waals surface area contributed by atoms with Crippen molar-refractivity contribution in [2.24, 2.45) is 5.92 Å². The van der Waals surface area contributed by atoms with Crippen molar-refractivity contribution in [1.29, 1.82) is 0 Å². The van der Waals surface area contributed by atoms with Gasteiger partial charge < -0.3 is 0 Å². The number of rotatable bonds is 9. The van der Waals surface area contributed by atoms with Gasteiger partial charge in [-0.25, -0.2) is 9.97 Å². The summed E-state index contributed by atoms with van der Waals surface area (Å²) < 4.78 is 0. The van der Waals surface area contributed by atoms with E-state index in [0.29, 0.717) is 5.92 Å². The highest BCUT2D eigenvalue weighted by Crippen LogP contribution is 2.36. The Morgan fingerprint density at radius 2 is 1.55 bits per heavy atom. The van der Waals surface area contributed by atoms with E-state index in [-0.39, 0.29) is 0 Å². The van der Waals surface area contributed by atoms with Gasteiger partial charge in [0.15, 0.2) is 0 Å². The fourth-order valence-electron chi connectivity index (χ4n) is 3.78. The van der Waals surface area contributed by atoms with Gasteiger partial charge >= 0.3 is 0 Å². The second-order valence-corrected chi connectivity index (χ2v) is 7.10. The van der Waals surface area contributed by atoms with Crippen LogP contribution in [-0.2, 0) is 6.42 Å². The lowest BCUT2D eigenvalue weighted by atomic mass is 9.78. The summed E-state index contributed by atoms with van der Waals surface area (Å²) in [5, 5.41) is 0. The number of hydrogen-bond acceptors (Lipinski definition) is 2. The maximum atomic E-state index is 4.62. The van der Waals surface area contributed by atoms with Crippen LogP contribution >= 0.6 is 0 Å². The SMILES string of the molecule is CCCCCCCc1ncc(C2CCC(CCC)CC2)cn1. The molecule has 0 radical (unpaired) electrons. The maximum Gasteiger partial charge on any atom is 0.128 e. The van der Waals surface area contributed by atoms with E-state index in [1.807, 2.05) is 0 Å². The predicted octanol–water partition coefficient (Wildman–Crippen LogP) is 6.06. The Bertz CT molecular complexity index is 391. The van der Waals surface area contributed by atoms with Crippen LogP contribution in [0.4, 0.5) is 0 Å². The van der Waals surface area contributed by atoms with Gasteiger partial charge in [0.25, 0.3) is 0 Å². The highest BCUT2D eigenvalue weighted by molar-refractivity contribution is 5.12. The Hall–Kier alpha value is -0.920. The van der Waals surface area contributed by atoms with Gasteiger partial charge in [-0.1, -0.05) is 52.4 Å². The molecular formula is C20H34N2. The predicted molar refractivity (Wildman–Crippen MR) is 94.1 cm³/mol. The molecule has 1 aromatic heterocycles. The van der Waals surface area contributed by atoms with Crippen LogP contribution < -0.4 is 0 Å². The quantitative estimate of drug-likeness (QED) is 0.518. The molecule has 2 heteroatoms. The molecule has 0 spiro atoms. The largest absolute Gasteiger partial charge is 0.241 e. The monoisotopic (exact) mass is 302 g/mol. The molecule has 0 N–H and O–H groups in total. The second-order valence-electron chi connectivity index (χ2n) is 7.10. The summed E-state index contributed by atoms with van der Waals surface area (Å²) in [5.74, 6) is 2.73. The molecule has 1 heterocycles. The van der Waals surface area contributed by atoms with Crippen molar-refractivity contribution < 1.29 is 0 Å². The van der Waals surface area contributed by atoms with Crippen molar-refractivity contribution in [1.82, 2.24) is 9.97 Å². The van der Waals surface area contributed by atoms with Gasteiger partial charge in [-0.15, -0.1) is 0 Å². The Morgan fingerprint density at radius 1 is 0.864 bits per heavy atom. The third kappa shape index (κ3) is 5.70. The van der Waals surface area contributed by atoms with E-state index in [4.69, 9.17) is 0 Å². The van der Waals surface area contributed by atoms with Crippen LogP contribution in [0.1, 0.15) is 102 Å². The van der Waals surface area contributed by atoms with Gasteiger partial charge in [0.1, 0.15) is 5.82 Å². The van der Waals surface area contributed by atoms with Crippen LogP contribution in [0.2, 0.25) is 0 Å². The summed E-state index contributed by atoms with van der Waals surface area (Å²) >= 11 is 0. The Balaban J connectivity index is 1.72. The van der Waals surface area contributed by atoms with E-state index in [1.54, 1.807) is 0 Å².